The highest BCUT2D eigenvalue weighted by Crippen LogP contribution is 2.22. The Morgan fingerprint density at radius 2 is 2.13 bits per heavy atom. The second kappa shape index (κ2) is 8.13. The van der Waals surface area contributed by atoms with E-state index in [0.717, 1.165) is 15.6 Å². The Balaban J connectivity index is 1.92. The van der Waals surface area contributed by atoms with Gasteiger partial charge in [-0.15, -0.1) is 0 Å². The summed E-state index contributed by atoms with van der Waals surface area (Å²) in [6.45, 7) is 3.54. The van der Waals surface area contributed by atoms with E-state index in [2.05, 4.69) is 26.5 Å². The van der Waals surface area contributed by atoms with Crippen LogP contribution in [0, 0.1) is 6.92 Å². The van der Waals surface area contributed by atoms with Gasteiger partial charge in [0, 0.05) is 9.50 Å². The van der Waals surface area contributed by atoms with Crippen LogP contribution < -0.4 is 10.2 Å². The van der Waals surface area contributed by atoms with E-state index in [1.54, 1.807) is 31.3 Å². The van der Waals surface area contributed by atoms with Crippen LogP contribution in [0.3, 0.4) is 0 Å². The van der Waals surface area contributed by atoms with E-state index >= 15 is 0 Å². The van der Waals surface area contributed by atoms with E-state index in [1.165, 1.54) is 0 Å². The SMILES string of the molecule is Cc1cc(Cl)ccc1OC(C)C(=O)NN=Cc1cccc(Br)c1. The highest BCUT2D eigenvalue weighted by molar-refractivity contribution is 9.10. The van der Waals surface area contributed by atoms with Crippen molar-refractivity contribution >= 4 is 39.7 Å². The minimum atomic E-state index is -0.672. The highest BCUT2D eigenvalue weighted by Gasteiger charge is 2.15. The lowest BCUT2D eigenvalue weighted by molar-refractivity contribution is -0.127. The summed E-state index contributed by atoms with van der Waals surface area (Å²) >= 11 is 9.27. The van der Waals surface area contributed by atoms with Crippen LogP contribution in [0.25, 0.3) is 0 Å². The van der Waals surface area contributed by atoms with Gasteiger partial charge in [-0.3, -0.25) is 4.79 Å². The standard InChI is InChI=1S/C17H16BrClN2O2/c1-11-8-15(19)6-7-16(11)23-12(2)17(22)21-20-10-13-4-3-5-14(18)9-13/h3-10,12H,1-2H3,(H,21,22). The van der Waals surface area contributed by atoms with Crippen LogP contribution in [-0.2, 0) is 4.79 Å². The second-order valence-electron chi connectivity index (χ2n) is 4.96. The molecule has 0 fully saturated rings. The molecule has 1 unspecified atom stereocenters. The summed E-state index contributed by atoms with van der Waals surface area (Å²) in [4.78, 5) is 12.0. The summed E-state index contributed by atoms with van der Waals surface area (Å²) in [5.41, 5.74) is 4.21. The molecule has 2 rings (SSSR count). The molecular formula is C17H16BrClN2O2. The van der Waals surface area contributed by atoms with Crippen molar-refractivity contribution < 1.29 is 9.53 Å². The van der Waals surface area contributed by atoms with Gasteiger partial charge in [-0.25, -0.2) is 5.43 Å². The number of benzene rings is 2. The molecule has 0 bridgehead atoms. The topological polar surface area (TPSA) is 50.7 Å². The van der Waals surface area contributed by atoms with Gasteiger partial charge in [0.1, 0.15) is 5.75 Å². The molecule has 0 aliphatic rings. The normalized spacial score (nSPS) is 12.2. The fourth-order valence-corrected chi connectivity index (χ4v) is 2.48. The van der Waals surface area contributed by atoms with E-state index in [1.807, 2.05) is 31.2 Å². The molecule has 0 saturated heterocycles. The molecule has 4 nitrogen and oxygen atoms in total. The third-order valence-electron chi connectivity index (χ3n) is 3.05. The molecule has 1 atom stereocenters. The van der Waals surface area contributed by atoms with Crippen molar-refractivity contribution in [2.24, 2.45) is 5.10 Å². The number of hydrogen-bond acceptors (Lipinski definition) is 3. The highest BCUT2D eigenvalue weighted by atomic mass is 79.9. The molecule has 23 heavy (non-hydrogen) atoms. The van der Waals surface area contributed by atoms with Gasteiger partial charge in [0.05, 0.1) is 6.21 Å². The summed E-state index contributed by atoms with van der Waals surface area (Å²) in [6.07, 6.45) is 0.901. The van der Waals surface area contributed by atoms with Crippen molar-refractivity contribution in [3.05, 3.63) is 63.1 Å². The fourth-order valence-electron chi connectivity index (χ4n) is 1.84. The lowest BCUT2D eigenvalue weighted by Gasteiger charge is -2.14. The number of hydrazone groups is 1. The first-order chi connectivity index (χ1) is 11.0. The number of nitrogens with one attached hydrogen (secondary N) is 1. The predicted octanol–water partition coefficient (Wildman–Crippen LogP) is 4.33. The maximum Gasteiger partial charge on any atom is 0.280 e. The van der Waals surface area contributed by atoms with Crippen molar-refractivity contribution in [1.29, 1.82) is 0 Å². The fraction of sp³-hybridized carbons (Fsp3) is 0.176. The zero-order chi connectivity index (χ0) is 16.8. The number of rotatable bonds is 5. The van der Waals surface area contributed by atoms with Crippen molar-refractivity contribution in [3.8, 4) is 5.75 Å². The minimum absolute atomic E-state index is 0.328. The Kier molecular flexibility index (Phi) is 6.19. The van der Waals surface area contributed by atoms with Crippen LogP contribution in [0.2, 0.25) is 5.02 Å². The summed E-state index contributed by atoms with van der Waals surface area (Å²) < 4.78 is 6.58. The Morgan fingerprint density at radius 1 is 1.35 bits per heavy atom. The van der Waals surface area contributed by atoms with Gasteiger partial charge in [0.15, 0.2) is 6.10 Å². The summed E-state index contributed by atoms with van der Waals surface area (Å²) in [5.74, 6) is 0.290. The molecule has 0 aliphatic heterocycles. The Hall–Kier alpha value is -1.85. The zero-order valence-corrected chi connectivity index (χ0v) is 15.1. The molecular weight excluding hydrogens is 380 g/mol. The lowest BCUT2D eigenvalue weighted by atomic mass is 10.2. The zero-order valence-electron chi connectivity index (χ0n) is 12.7. The van der Waals surface area contributed by atoms with E-state index in [9.17, 15) is 4.79 Å². The van der Waals surface area contributed by atoms with Gasteiger partial charge < -0.3 is 4.74 Å². The van der Waals surface area contributed by atoms with Crippen molar-refractivity contribution in [3.63, 3.8) is 0 Å². The molecule has 0 aromatic heterocycles. The maximum absolute atomic E-state index is 12.0. The molecule has 2 aromatic rings. The Labute approximate surface area is 148 Å². The average Bonchev–Trinajstić information content (AvgIpc) is 2.50. The second-order valence-corrected chi connectivity index (χ2v) is 6.31. The number of hydrogen-bond donors (Lipinski definition) is 1. The summed E-state index contributed by atoms with van der Waals surface area (Å²) in [6, 6.07) is 12.8. The van der Waals surface area contributed by atoms with Gasteiger partial charge in [-0.1, -0.05) is 39.7 Å². The number of amides is 1. The Bertz CT molecular complexity index is 734. The molecule has 0 aliphatic carbocycles. The van der Waals surface area contributed by atoms with E-state index in [4.69, 9.17) is 16.3 Å². The van der Waals surface area contributed by atoms with Crippen molar-refractivity contribution in [2.45, 2.75) is 20.0 Å². The van der Waals surface area contributed by atoms with Gasteiger partial charge >= 0.3 is 0 Å². The largest absolute Gasteiger partial charge is 0.481 e. The number of ether oxygens (including phenoxy) is 1. The molecule has 0 radical (unpaired) electrons. The smallest absolute Gasteiger partial charge is 0.280 e. The van der Waals surface area contributed by atoms with Crippen LogP contribution >= 0.6 is 27.5 Å². The molecule has 0 spiro atoms. The van der Waals surface area contributed by atoms with Crippen LogP contribution in [0.15, 0.2) is 52.0 Å². The lowest BCUT2D eigenvalue weighted by Crippen LogP contribution is -2.33. The molecule has 0 saturated carbocycles. The van der Waals surface area contributed by atoms with E-state index < -0.39 is 6.10 Å². The predicted molar refractivity (Wildman–Crippen MR) is 96.2 cm³/mol. The third kappa shape index (κ3) is 5.37. The molecule has 0 heterocycles. The molecule has 120 valence electrons. The van der Waals surface area contributed by atoms with Gasteiger partial charge in [-0.05, 0) is 55.3 Å². The van der Waals surface area contributed by atoms with Gasteiger partial charge in [0.25, 0.3) is 5.91 Å². The Morgan fingerprint density at radius 3 is 2.83 bits per heavy atom. The molecule has 2 aromatic carbocycles. The first kappa shape index (κ1) is 17.5. The van der Waals surface area contributed by atoms with Crippen LogP contribution in [0.4, 0.5) is 0 Å². The minimum Gasteiger partial charge on any atom is -0.481 e. The van der Waals surface area contributed by atoms with Crippen LogP contribution in [0.1, 0.15) is 18.1 Å². The third-order valence-corrected chi connectivity index (χ3v) is 3.78. The number of aryl methyl sites for hydroxylation is 1. The van der Waals surface area contributed by atoms with Crippen molar-refractivity contribution in [2.75, 3.05) is 0 Å². The first-order valence-electron chi connectivity index (χ1n) is 6.97. The maximum atomic E-state index is 12.0. The number of carbonyl (C=O) groups is 1. The van der Waals surface area contributed by atoms with E-state index in [-0.39, 0.29) is 5.91 Å². The first-order valence-corrected chi connectivity index (χ1v) is 8.14. The van der Waals surface area contributed by atoms with Crippen LogP contribution in [-0.4, -0.2) is 18.2 Å². The molecule has 1 amide bonds. The monoisotopic (exact) mass is 394 g/mol. The van der Waals surface area contributed by atoms with Crippen molar-refractivity contribution in [1.82, 2.24) is 5.43 Å². The van der Waals surface area contributed by atoms with Crippen LogP contribution in [0.5, 0.6) is 5.75 Å². The number of nitrogens with zero attached hydrogens (tertiary/aromatic N) is 1. The number of halogens is 2. The quantitative estimate of drug-likeness (QED) is 0.605. The van der Waals surface area contributed by atoms with E-state index in [0.29, 0.717) is 10.8 Å². The average molecular weight is 396 g/mol. The molecule has 6 heteroatoms. The number of carbonyl (C=O) groups excluding carboxylic acids is 1. The summed E-state index contributed by atoms with van der Waals surface area (Å²) in [5, 5.41) is 4.57. The molecule has 1 N–H and O–H groups in total. The summed E-state index contributed by atoms with van der Waals surface area (Å²) in [7, 11) is 0. The van der Waals surface area contributed by atoms with Gasteiger partial charge in [0.2, 0.25) is 0 Å². The van der Waals surface area contributed by atoms with Gasteiger partial charge in [-0.2, -0.15) is 5.10 Å².